The largest absolute Gasteiger partial charge is 0.298 e. The number of aromatic amines is 1. The highest BCUT2D eigenvalue weighted by Crippen LogP contribution is 2.06. The van der Waals surface area contributed by atoms with Crippen LogP contribution in [0.15, 0.2) is 6.20 Å². The third-order valence-corrected chi connectivity index (χ3v) is 1.05. The van der Waals surface area contributed by atoms with Crippen LogP contribution in [0.5, 0.6) is 0 Å². The summed E-state index contributed by atoms with van der Waals surface area (Å²) in [6, 6.07) is 0. The second-order valence-corrected chi connectivity index (χ2v) is 1.61. The fourth-order valence-corrected chi connectivity index (χ4v) is 0.513. The van der Waals surface area contributed by atoms with Crippen LogP contribution in [0.3, 0.4) is 0 Å². The topological polar surface area (TPSA) is 45.8 Å². The van der Waals surface area contributed by atoms with Gasteiger partial charge in [-0.05, 0) is 0 Å². The summed E-state index contributed by atoms with van der Waals surface area (Å²) in [5.74, 6) is 0. The van der Waals surface area contributed by atoms with E-state index < -0.39 is 0 Å². The van der Waals surface area contributed by atoms with Gasteiger partial charge in [0.25, 0.3) is 0 Å². The van der Waals surface area contributed by atoms with E-state index in [9.17, 15) is 4.79 Å². The van der Waals surface area contributed by atoms with Crippen molar-refractivity contribution in [2.75, 3.05) is 0 Å². The van der Waals surface area contributed by atoms with Gasteiger partial charge in [-0.3, -0.25) is 9.89 Å². The van der Waals surface area contributed by atoms with Gasteiger partial charge in [-0.25, -0.2) is 0 Å². The van der Waals surface area contributed by atoms with Gasteiger partial charge >= 0.3 is 0 Å². The Hall–Kier alpha value is -0.830. The zero-order valence-corrected chi connectivity index (χ0v) is 4.64. The Morgan fingerprint density at radius 3 is 2.88 bits per heavy atom. The molecule has 0 radical (unpaired) electrons. The average Bonchev–Trinajstić information content (AvgIpc) is 2.14. The maximum atomic E-state index is 9.94. The molecule has 1 aromatic heterocycles. The molecular formula is C4H3ClN2O. The molecule has 0 aromatic carbocycles. The summed E-state index contributed by atoms with van der Waals surface area (Å²) in [5.41, 5.74) is 0.395. The van der Waals surface area contributed by atoms with Crippen molar-refractivity contribution in [3.05, 3.63) is 16.9 Å². The van der Waals surface area contributed by atoms with E-state index in [1.165, 1.54) is 6.20 Å². The van der Waals surface area contributed by atoms with Crippen molar-refractivity contribution in [3.8, 4) is 0 Å². The van der Waals surface area contributed by atoms with Crippen LogP contribution in [0.1, 0.15) is 10.4 Å². The molecule has 0 unspecified atom stereocenters. The lowest BCUT2D eigenvalue weighted by Gasteiger charge is -1.73. The van der Waals surface area contributed by atoms with Crippen molar-refractivity contribution in [1.82, 2.24) is 10.2 Å². The molecule has 0 aliphatic carbocycles. The van der Waals surface area contributed by atoms with Crippen molar-refractivity contribution < 1.29 is 4.79 Å². The van der Waals surface area contributed by atoms with E-state index in [0.717, 1.165) is 0 Å². The number of nitrogens with one attached hydrogen (secondary N) is 1. The van der Waals surface area contributed by atoms with Gasteiger partial charge < -0.3 is 0 Å². The highest BCUT2D eigenvalue weighted by molar-refractivity contribution is 6.31. The van der Waals surface area contributed by atoms with Crippen LogP contribution in [0.2, 0.25) is 5.15 Å². The van der Waals surface area contributed by atoms with E-state index in [4.69, 9.17) is 11.6 Å². The van der Waals surface area contributed by atoms with Crippen LogP contribution >= 0.6 is 11.6 Å². The number of carbonyl (C=O) groups excluding carboxylic acids is 1. The van der Waals surface area contributed by atoms with Gasteiger partial charge in [0.2, 0.25) is 0 Å². The summed E-state index contributed by atoms with van der Waals surface area (Å²) in [4.78, 5) is 9.94. The fourth-order valence-electron chi connectivity index (χ4n) is 0.365. The SMILES string of the molecule is O=Cc1c[nH]nc1Cl. The first-order valence-corrected chi connectivity index (χ1v) is 2.37. The van der Waals surface area contributed by atoms with E-state index in [2.05, 4.69) is 10.2 Å². The number of rotatable bonds is 1. The zero-order valence-electron chi connectivity index (χ0n) is 3.89. The van der Waals surface area contributed by atoms with E-state index in [1.807, 2.05) is 0 Å². The summed E-state index contributed by atoms with van der Waals surface area (Å²) in [6.45, 7) is 0. The lowest BCUT2D eigenvalue weighted by molar-refractivity contribution is 0.112. The van der Waals surface area contributed by atoms with Crippen molar-refractivity contribution in [2.45, 2.75) is 0 Å². The van der Waals surface area contributed by atoms with E-state index in [0.29, 0.717) is 11.8 Å². The molecule has 0 aliphatic rings. The molecule has 0 fully saturated rings. The number of hydrogen-bond acceptors (Lipinski definition) is 2. The first-order valence-electron chi connectivity index (χ1n) is 1.99. The zero-order chi connectivity index (χ0) is 5.98. The Morgan fingerprint density at radius 1 is 1.88 bits per heavy atom. The molecule has 1 rings (SSSR count). The van der Waals surface area contributed by atoms with Crippen LogP contribution in [0, 0.1) is 0 Å². The van der Waals surface area contributed by atoms with Gasteiger partial charge in [-0.15, -0.1) is 0 Å². The lowest BCUT2D eigenvalue weighted by atomic mass is 10.4. The number of hydrogen-bond donors (Lipinski definition) is 1. The summed E-state index contributed by atoms with van der Waals surface area (Å²) < 4.78 is 0. The Bertz CT molecular complexity index is 196. The highest BCUT2D eigenvalue weighted by Gasteiger charge is 1.97. The normalized spacial score (nSPS) is 9.12. The van der Waals surface area contributed by atoms with Crippen molar-refractivity contribution in [3.63, 3.8) is 0 Å². The maximum Gasteiger partial charge on any atom is 0.161 e. The van der Waals surface area contributed by atoms with E-state index in [1.54, 1.807) is 0 Å². The van der Waals surface area contributed by atoms with Crippen LogP contribution in [-0.2, 0) is 0 Å². The summed E-state index contributed by atoms with van der Waals surface area (Å²) in [7, 11) is 0. The van der Waals surface area contributed by atoms with Crippen LogP contribution in [-0.4, -0.2) is 16.5 Å². The molecule has 3 nitrogen and oxygen atoms in total. The molecule has 4 heteroatoms. The second-order valence-electron chi connectivity index (χ2n) is 1.25. The monoisotopic (exact) mass is 130 g/mol. The van der Waals surface area contributed by atoms with Crippen LogP contribution in [0.25, 0.3) is 0 Å². The Balaban J connectivity index is 3.09. The Labute approximate surface area is 50.7 Å². The molecule has 1 N–H and O–H groups in total. The first-order chi connectivity index (χ1) is 3.84. The molecule has 0 saturated carbocycles. The molecule has 0 amide bonds. The molecule has 0 aliphatic heterocycles. The van der Waals surface area contributed by atoms with Crippen LogP contribution < -0.4 is 0 Å². The predicted octanol–water partition coefficient (Wildman–Crippen LogP) is 0.876. The lowest BCUT2D eigenvalue weighted by Crippen LogP contribution is -1.71. The molecule has 42 valence electrons. The Kier molecular flexibility index (Phi) is 1.30. The van der Waals surface area contributed by atoms with Gasteiger partial charge in [-0.2, -0.15) is 5.10 Å². The fraction of sp³-hybridized carbons (Fsp3) is 0. The van der Waals surface area contributed by atoms with Crippen LogP contribution in [0.4, 0.5) is 0 Å². The van der Waals surface area contributed by atoms with E-state index >= 15 is 0 Å². The second kappa shape index (κ2) is 1.96. The predicted molar refractivity (Wildman–Crippen MR) is 29.0 cm³/mol. The quantitative estimate of drug-likeness (QED) is 0.574. The van der Waals surface area contributed by atoms with Gasteiger partial charge in [0.15, 0.2) is 11.4 Å². The highest BCUT2D eigenvalue weighted by atomic mass is 35.5. The van der Waals surface area contributed by atoms with Gasteiger partial charge in [-0.1, -0.05) is 11.6 Å². The summed E-state index contributed by atoms with van der Waals surface area (Å²) >= 11 is 5.37. The summed E-state index contributed by atoms with van der Waals surface area (Å²) in [5, 5.41) is 6.15. The summed E-state index contributed by atoms with van der Waals surface area (Å²) in [6.07, 6.45) is 2.08. The first kappa shape index (κ1) is 5.31. The van der Waals surface area contributed by atoms with E-state index in [-0.39, 0.29) is 5.15 Å². The number of aromatic nitrogens is 2. The molecule has 0 saturated heterocycles. The van der Waals surface area contributed by atoms with Crippen molar-refractivity contribution in [2.24, 2.45) is 0 Å². The standard InChI is InChI=1S/C4H3ClN2O/c5-4-3(2-8)1-6-7-4/h1-2H,(H,6,7). The maximum absolute atomic E-state index is 9.94. The number of carbonyl (C=O) groups is 1. The molecular weight excluding hydrogens is 128 g/mol. The number of aldehydes is 1. The van der Waals surface area contributed by atoms with Crippen molar-refractivity contribution >= 4 is 17.9 Å². The van der Waals surface area contributed by atoms with Crippen molar-refractivity contribution in [1.29, 1.82) is 0 Å². The minimum Gasteiger partial charge on any atom is -0.298 e. The molecule has 0 spiro atoms. The van der Waals surface area contributed by atoms with Gasteiger partial charge in [0.1, 0.15) is 0 Å². The van der Waals surface area contributed by atoms with Gasteiger partial charge in [0.05, 0.1) is 5.56 Å². The number of H-pyrrole nitrogens is 1. The molecule has 1 heterocycles. The third kappa shape index (κ3) is 0.721. The average molecular weight is 131 g/mol. The minimum atomic E-state index is 0.222. The number of halogens is 1. The molecule has 1 aromatic rings. The Morgan fingerprint density at radius 2 is 2.62 bits per heavy atom. The third-order valence-electron chi connectivity index (χ3n) is 0.748. The molecule has 0 bridgehead atoms. The number of nitrogens with zero attached hydrogens (tertiary/aromatic N) is 1. The van der Waals surface area contributed by atoms with Gasteiger partial charge in [0, 0.05) is 6.20 Å². The minimum absolute atomic E-state index is 0.222. The molecule has 0 atom stereocenters. The smallest absolute Gasteiger partial charge is 0.161 e. The molecule has 8 heavy (non-hydrogen) atoms.